The smallest absolute Gasteiger partial charge is 0.387 e. The number of guanidine groups is 1. The lowest BCUT2D eigenvalue weighted by atomic mass is 10.1. The number of halogens is 3. The van der Waals surface area contributed by atoms with Crippen LogP contribution in [-0.2, 0) is 6.54 Å². The molecule has 1 unspecified atom stereocenters. The molecule has 26 heavy (non-hydrogen) atoms. The molecule has 146 valence electrons. The maximum atomic E-state index is 12.5. The van der Waals surface area contributed by atoms with Crippen molar-refractivity contribution in [2.75, 3.05) is 33.2 Å². The molecule has 0 radical (unpaired) electrons. The van der Waals surface area contributed by atoms with Gasteiger partial charge in [-0.3, -0.25) is 4.99 Å². The quantitative estimate of drug-likeness (QED) is 0.529. The van der Waals surface area contributed by atoms with E-state index >= 15 is 0 Å². The van der Waals surface area contributed by atoms with Crippen molar-refractivity contribution in [3.05, 3.63) is 28.8 Å². The lowest BCUT2D eigenvalue weighted by Crippen LogP contribution is -2.40. The maximum absolute atomic E-state index is 12.5. The number of hydrogen-bond acceptors (Lipinski definition) is 3. The van der Waals surface area contributed by atoms with Gasteiger partial charge in [0, 0.05) is 37.3 Å². The molecule has 1 fully saturated rings. The monoisotopic (exact) mass is 388 g/mol. The van der Waals surface area contributed by atoms with E-state index in [1.165, 1.54) is 25.0 Å². The van der Waals surface area contributed by atoms with Gasteiger partial charge in [-0.25, -0.2) is 0 Å². The molecule has 1 heterocycles. The third-order valence-corrected chi connectivity index (χ3v) is 4.61. The zero-order chi connectivity index (χ0) is 18.9. The van der Waals surface area contributed by atoms with Gasteiger partial charge in [0.25, 0.3) is 0 Å². The minimum absolute atomic E-state index is 0.110. The number of ether oxygens (including phenoxy) is 1. The van der Waals surface area contributed by atoms with Crippen LogP contribution in [0.3, 0.4) is 0 Å². The average molecular weight is 389 g/mol. The van der Waals surface area contributed by atoms with Gasteiger partial charge in [-0.2, -0.15) is 8.78 Å². The summed E-state index contributed by atoms with van der Waals surface area (Å²) in [6.45, 7) is 3.82. The molecular weight excluding hydrogens is 362 g/mol. The predicted octanol–water partition coefficient (Wildman–Crippen LogP) is 3.34. The number of benzene rings is 1. The first kappa shape index (κ1) is 20.7. The van der Waals surface area contributed by atoms with Crippen molar-refractivity contribution in [3.63, 3.8) is 0 Å². The number of likely N-dealkylation sites (tertiary alicyclic amines) is 1. The summed E-state index contributed by atoms with van der Waals surface area (Å²) in [5.74, 6) is 1.32. The number of nitrogens with zero attached hydrogens (tertiary/aromatic N) is 2. The van der Waals surface area contributed by atoms with Crippen LogP contribution in [0, 0.1) is 5.92 Å². The summed E-state index contributed by atoms with van der Waals surface area (Å²) in [6, 6.07) is 4.58. The lowest BCUT2D eigenvalue weighted by Gasteiger charge is -2.18. The molecule has 0 amide bonds. The first-order valence-electron chi connectivity index (χ1n) is 8.92. The van der Waals surface area contributed by atoms with E-state index in [2.05, 4.69) is 32.2 Å². The van der Waals surface area contributed by atoms with Crippen molar-refractivity contribution in [3.8, 4) is 5.75 Å². The molecule has 5 nitrogen and oxygen atoms in total. The summed E-state index contributed by atoms with van der Waals surface area (Å²) in [4.78, 5) is 6.67. The summed E-state index contributed by atoms with van der Waals surface area (Å²) in [5.41, 5.74) is 0.552. The van der Waals surface area contributed by atoms with Gasteiger partial charge in [-0.05, 0) is 50.0 Å². The van der Waals surface area contributed by atoms with Crippen molar-refractivity contribution in [2.24, 2.45) is 10.9 Å². The topological polar surface area (TPSA) is 48.9 Å². The van der Waals surface area contributed by atoms with Crippen LogP contribution in [0.2, 0.25) is 5.02 Å². The van der Waals surface area contributed by atoms with E-state index in [4.69, 9.17) is 11.6 Å². The van der Waals surface area contributed by atoms with Crippen LogP contribution >= 0.6 is 11.6 Å². The van der Waals surface area contributed by atoms with Gasteiger partial charge in [0.05, 0.1) is 0 Å². The Morgan fingerprint density at radius 2 is 2.23 bits per heavy atom. The number of rotatable bonds is 8. The second-order valence-corrected chi connectivity index (χ2v) is 6.83. The fourth-order valence-corrected chi connectivity index (χ4v) is 3.33. The molecule has 0 aromatic heterocycles. The third-order valence-electron chi connectivity index (χ3n) is 4.38. The SMILES string of the molecule is CCCN1CCC(CNC(=NC)NCc2cc(Cl)ccc2OC(F)F)C1. The zero-order valence-corrected chi connectivity index (χ0v) is 16.0. The second kappa shape index (κ2) is 10.5. The molecule has 1 aliphatic heterocycles. The highest BCUT2D eigenvalue weighted by molar-refractivity contribution is 6.30. The Kier molecular flexibility index (Phi) is 8.38. The standard InChI is InChI=1S/C18H27ClF2N4O/c1-3-7-25-8-6-13(12-25)10-23-18(22-2)24-11-14-9-15(19)4-5-16(14)26-17(20)21/h4-5,9,13,17H,3,6-8,10-12H2,1-2H3,(H2,22,23,24). The van der Waals surface area contributed by atoms with Gasteiger partial charge >= 0.3 is 6.61 Å². The number of alkyl halides is 2. The van der Waals surface area contributed by atoms with Crippen molar-refractivity contribution in [1.29, 1.82) is 0 Å². The molecule has 1 saturated heterocycles. The highest BCUT2D eigenvalue weighted by atomic mass is 35.5. The Labute approximate surface area is 158 Å². The molecule has 8 heteroatoms. The maximum Gasteiger partial charge on any atom is 0.387 e. The second-order valence-electron chi connectivity index (χ2n) is 6.39. The Morgan fingerprint density at radius 1 is 1.42 bits per heavy atom. The molecule has 1 aromatic rings. The Morgan fingerprint density at radius 3 is 2.92 bits per heavy atom. The molecule has 1 aliphatic rings. The molecular formula is C18H27ClF2N4O. The third kappa shape index (κ3) is 6.61. The van der Waals surface area contributed by atoms with Crippen molar-refractivity contribution in [2.45, 2.75) is 32.9 Å². The van der Waals surface area contributed by atoms with Crippen LogP contribution in [0.5, 0.6) is 5.75 Å². The van der Waals surface area contributed by atoms with E-state index in [1.807, 2.05) is 0 Å². The molecule has 0 bridgehead atoms. The van der Waals surface area contributed by atoms with Gasteiger partial charge in [0.2, 0.25) is 0 Å². The average Bonchev–Trinajstić information content (AvgIpc) is 3.05. The summed E-state index contributed by atoms with van der Waals surface area (Å²) in [5, 5.41) is 6.90. The van der Waals surface area contributed by atoms with Crippen LogP contribution in [-0.4, -0.2) is 50.7 Å². The highest BCUT2D eigenvalue weighted by Crippen LogP contribution is 2.24. The van der Waals surface area contributed by atoms with E-state index < -0.39 is 6.61 Å². The largest absolute Gasteiger partial charge is 0.434 e. The molecule has 2 N–H and O–H groups in total. The molecule has 0 saturated carbocycles. The minimum atomic E-state index is -2.87. The summed E-state index contributed by atoms with van der Waals surface area (Å²) < 4.78 is 29.6. The molecule has 0 aliphatic carbocycles. The van der Waals surface area contributed by atoms with Crippen molar-refractivity contribution in [1.82, 2.24) is 15.5 Å². The fraction of sp³-hybridized carbons (Fsp3) is 0.611. The van der Waals surface area contributed by atoms with Crippen molar-refractivity contribution < 1.29 is 13.5 Å². The summed E-state index contributed by atoms with van der Waals surface area (Å²) in [6.07, 6.45) is 2.34. The van der Waals surface area contributed by atoms with Gasteiger partial charge in [0.1, 0.15) is 5.75 Å². The summed E-state index contributed by atoms with van der Waals surface area (Å²) >= 11 is 5.97. The van der Waals surface area contributed by atoms with Crippen LogP contribution < -0.4 is 15.4 Å². The summed E-state index contributed by atoms with van der Waals surface area (Å²) in [7, 11) is 1.68. The van der Waals surface area contributed by atoms with Crippen LogP contribution in [0.15, 0.2) is 23.2 Å². The predicted molar refractivity (Wildman–Crippen MR) is 101 cm³/mol. The fourth-order valence-electron chi connectivity index (χ4n) is 3.14. The van der Waals surface area contributed by atoms with Crippen LogP contribution in [0.1, 0.15) is 25.3 Å². The Bertz CT molecular complexity index is 601. The lowest BCUT2D eigenvalue weighted by molar-refractivity contribution is -0.0504. The van der Waals surface area contributed by atoms with Gasteiger partial charge in [-0.15, -0.1) is 0 Å². The minimum Gasteiger partial charge on any atom is -0.434 e. The Hall–Kier alpha value is -1.60. The van der Waals surface area contributed by atoms with E-state index in [1.54, 1.807) is 13.1 Å². The zero-order valence-electron chi connectivity index (χ0n) is 15.3. The van der Waals surface area contributed by atoms with Gasteiger partial charge < -0.3 is 20.3 Å². The van der Waals surface area contributed by atoms with Crippen LogP contribution in [0.4, 0.5) is 8.78 Å². The van der Waals surface area contributed by atoms with E-state index in [0.29, 0.717) is 22.5 Å². The molecule has 1 aromatic carbocycles. The number of nitrogens with one attached hydrogen (secondary N) is 2. The van der Waals surface area contributed by atoms with E-state index in [0.717, 1.165) is 26.2 Å². The van der Waals surface area contributed by atoms with Gasteiger partial charge in [0.15, 0.2) is 5.96 Å². The molecule has 1 atom stereocenters. The van der Waals surface area contributed by atoms with E-state index in [9.17, 15) is 8.78 Å². The van der Waals surface area contributed by atoms with Crippen molar-refractivity contribution >= 4 is 17.6 Å². The first-order chi connectivity index (χ1) is 12.5. The molecule has 2 rings (SSSR count). The van der Waals surface area contributed by atoms with E-state index in [-0.39, 0.29) is 12.3 Å². The van der Waals surface area contributed by atoms with Gasteiger partial charge in [-0.1, -0.05) is 18.5 Å². The number of hydrogen-bond donors (Lipinski definition) is 2. The van der Waals surface area contributed by atoms with Crippen LogP contribution in [0.25, 0.3) is 0 Å². The number of aliphatic imine (C=N–C) groups is 1. The molecule has 0 spiro atoms. The highest BCUT2D eigenvalue weighted by Gasteiger charge is 2.21. The normalized spacial score (nSPS) is 18.4. The first-order valence-corrected chi connectivity index (χ1v) is 9.29. The Balaban J connectivity index is 1.84.